The van der Waals surface area contributed by atoms with E-state index < -0.39 is 18.0 Å². The van der Waals surface area contributed by atoms with E-state index in [1.807, 2.05) is 18.2 Å². The molecule has 0 bridgehead atoms. The maximum Gasteiger partial charge on any atom is 0.322 e. The first-order chi connectivity index (χ1) is 15.9. The standard InChI is InChI=1S/C13H12N4O3.C10H11NO2/c1-2-9-8(3-5-15-6-4-14)7-10(20-9)11-12(18)17-13(19)16-11;1-11-6-7-3-4-8(13-2)5-9(7)10(11)12/h2,5,7,11H,1,3,6H2,(H2,16,17,18,19);3-5H,6H2,1-2H3. The van der Waals surface area contributed by atoms with Crippen LogP contribution in [-0.2, 0) is 17.8 Å². The van der Waals surface area contributed by atoms with Gasteiger partial charge < -0.3 is 19.4 Å². The molecule has 0 spiro atoms. The van der Waals surface area contributed by atoms with Crippen molar-refractivity contribution >= 4 is 30.1 Å². The molecule has 4 rings (SSSR count). The Kier molecular flexibility index (Phi) is 7.25. The van der Waals surface area contributed by atoms with Crippen molar-refractivity contribution in [3.63, 3.8) is 0 Å². The SMILES string of the molecule is C=Cc1oc(C2NC(=O)NC2=O)cc1CC=NCC#N.COc1ccc2c(c1)C(=O)N(C)C2. The maximum absolute atomic E-state index is 11.6. The number of furan rings is 1. The summed E-state index contributed by atoms with van der Waals surface area (Å²) in [4.78, 5) is 39.8. The molecule has 2 aromatic rings. The van der Waals surface area contributed by atoms with Gasteiger partial charge in [-0.2, -0.15) is 5.26 Å². The molecule has 10 heteroatoms. The van der Waals surface area contributed by atoms with Gasteiger partial charge in [0, 0.05) is 37.4 Å². The number of imide groups is 1. The number of hydrogen-bond donors (Lipinski definition) is 2. The minimum absolute atomic E-state index is 0.0777. The van der Waals surface area contributed by atoms with Crippen LogP contribution < -0.4 is 15.4 Å². The van der Waals surface area contributed by atoms with Crippen LogP contribution in [0, 0.1) is 11.3 Å². The number of carbonyl (C=O) groups is 3. The number of fused-ring (bicyclic) bond motifs is 1. The number of hydrogen-bond acceptors (Lipinski definition) is 7. The van der Waals surface area contributed by atoms with Crippen LogP contribution in [-0.4, -0.2) is 49.7 Å². The van der Waals surface area contributed by atoms with E-state index in [4.69, 9.17) is 14.4 Å². The molecule has 3 heterocycles. The molecule has 1 saturated heterocycles. The fourth-order valence-electron chi connectivity index (χ4n) is 3.38. The predicted molar refractivity (Wildman–Crippen MR) is 120 cm³/mol. The lowest BCUT2D eigenvalue weighted by Crippen LogP contribution is -2.22. The molecular weight excluding hydrogens is 426 g/mol. The summed E-state index contributed by atoms with van der Waals surface area (Å²) in [5.74, 6) is 1.21. The third-order valence-corrected chi connectivity index (χ3v) is 5.01. The molecule has 10 nitrogen and oxygen atoms in total. The van der Waals surface area contributed by atoms with Crippen LogP contribution in [0.25, 0.3) is 6.08 Å². The van der Waals surface area contributed by atoms with Crippen LogP contribution in [0.5, 0.6) is 5.75 Å². The summed E-state index contributed by atoms with van der Waals surface area (Å²) in [6.45, 7) is 4.43. The van der Waals surface area contributed by atoms with Crippen molar-refractivity contribution in [2.75, 3.05) is 20.7 Å². The van der Waals surface area contributed by atoms with Crippen molar-refractivity contribution in [1.29, 1.82) is 5.26 Å². The number of nitriles is 1. The first kappa shape index (κ1) is 23.3. The number of nitrogens with one attached hydrogen (secondary N) is 2. The summed E-state index contributed by atoms with van der Waals surface area (Å²) in [7, 11) is 3.40. The number of ether oxygens (including phenoxy) is 1. The largest absolute Gasteiger partial charge is 0.497 e. The van der Waals surface area contributed by atoms with Crippen LogP contribution >= 0.6 is 0 Å². The lowest BCUT2D eigenvalue weighted by molar-refractivity contribution is -0.120. The topological polar surface area (TPSA) is 137 Å². The Morgan fingerprint density at radius 2 is 2.15 bits per heavy atom. The van der Waals surface area contributed by atoms with Crippen molar-refractivity contribution in [1.82, 2.24) is 15.5 Å². The lowest BCUT2D eigenvalue weighted by atomic mass is 10.1. The molecule has 0 radical (unpaired) electrons. The van der Waals surface area contributed by atoms with Gasteiger partial charge in [-0.05, 0) is 29.8 Å². The first-order valence-electron chi connectivity index (χ1n) is 10.0. The summed E-state index contributed by atoms with van der Waals surface area (Å²) in [5, 5.41) is 13.0. The molecule has 1 aromatic heterocycles. The Labute approximate surface area is 190 Å². The van der Waals surface area contributed by atoms with Crippen molar-refractivity contribution in [2.24, 2.45) is 4.99 Å². The van der Waals surface area contributed by atoms with Gasteiger partial charge in [0.2, 0.25) is 0 Å². The highest BCUT2D eigenvalue weighted by atomic mass is 16.5. The van der Waals surface area contributed by atoms with Crippen LogP contribution in [0.15, 0.2) is 40.3 Å². The third-order valence-electron chi connectivity index (χ3n) is 5.01. The monoisotopic (exact) mass is 449 g/mol. The maximum atomic E-state index is 11.6. The van der Waals surface area contributed by atoms with Gasteiger partial charge in [0.05, 0.1) is 13.2 Å². The second kappa shape index (κ2) is 10.3. The normalized spacial score (nSPS) is 16.6. The van der Waals surface area contributed by atoms with Gasteiger partial charge >= 0.3 is 6.03 Å². The molecular formula is C23H23N5O5. The lowest BCUT2D eigenvalue weighted by Gasteiger charge is -2.04. The van der Waals surface area contributed by atoms with Gasteiger partial charge in [-0.25, -0.2) is 4.79 Å². The van der Waals surface area contributed by atoms with E-state index in [1.165, 1.54) is 6.08 Å². The molecule has 2 N–H and O–H groups in total. The van der Waals surface area contributed by atoms with Crippen molar-refractivity contribution < 1.29 is 23.5 Å². The second-order valence-electron chi connectivity index (χ2n) is 7.21. The number of nitrogens with zero attached hydrogens (tertiary/aromatic N) is 3. The van der Waals surface area contributed by atoms with E-state index in [-0.39, 0.29) is 12.5 Å². The van der Waals surface area contributed by atoms with Gasteiger partial charge in [-0.1, -0.05) is 12.6 Å². The Hall–Kier alpha value is -4.39. The summed E-state index contributed by atoms with van der Waals surface area (Å²) in [5.41, 5.74) is 2.63. The van der Waals surface area contributed by atoms with Gasteiger partial charge in [0.1, 0.15) is 23.8 Å². The molecule has 1 atom stereocenters. The Balaban J connectivity index is 0.000000203. The minimum atomic E-state index is -0.828. The number of carbonyl (C=O) groups excluding carboxylic acids is 3. The first-order valence-corrected chi connectivity index (χ1v) is 10.0. The molecule has 33 heavy (non-hydrogen) atoms. The average Bonchev–Trinajstić information content (AvgIpc) is 3.46. The zero-order valence-electron chi connectivity index (χ0n) is 18.3. The fraction of sp³-hybridized carbons (Fsp3) is 0.261. The van der Waals surface area contributed by atoms with Crippen molar-refractivity contribution in [2.45, 2.75) is 19.0 Å². The quantitative estimate of drug-likeness (QED) is 0.394. The van der Waals surface area contributed by atoms with E-state index in [2.05, 4.69) is 22.2 Å². The van der Waals surface area contributed by atoms with E-state index in [0.717, 1.165) is 22.4 Å². The fourth-order valence-corrected chi connectivity index (χ4v) is 3.38. The highest BCUT2D eigenvalue weighted by molar-refractivity contribution is 6.04. The van der Waals surface area contributed by atoms with Crippen LogP contribution in [0.2, 0.25) is 0 Å². The third kappa shape index (κ3) is 5.27. The Bertz CT molecular complexity index is 1160. The number of methoxy groups -OCH3 is 1. The summed E-state index contributed by atoms with van der Waals surface area (Å²) in [6, 6.07) is 7.81. The molecule has 170 valence electrons. The predicted octanol–water partition coefficient (Wildman–Crippen LogP) is 2.22. The van der Waals surface area contributed by atoms with E-state index in [9.17, 15) is 14.4 Å². The Morgan fingerprint density at radius 1 is 1.36 bits per heavy atom. The Morgan fingerprint density at radius 3 is 2.79 bits per heavy atom. The molecule has 1 aromatic carbocycles. The molecule has 2 aliphatic rings. The van der Waals surface area contributed by atoms with Gasteiger partial charge in [0.25, 0.3) is 11.8 Å². The van der Waals surface area contributed by atoms with E-state index >= 15 is 0 Å². The van der Waals surface area contributed by atoms with Crippen LogP contribution in [0.3, 0.4) is 0 Å². The van der Waals surface area contributed by atoms with E-state index in [1.54, 1.807) is 37.4 Å². The smallest absolute Gasteiger partial charge is 0.322 e. The van der Waals surface area contributed by atoms with E-state index in [0.29, 0.717) is 24.5 Å². The van der Waals surface area contributed by atoms with Crippen molar-refractivity contribution in [3.8, 4) is 11.8 Å². The van der Waals surface area contributed by atoms with Crippen LogP contribution in [0.4, 0.5) is 4.79 Å². The average molecular weight is 449 g/mol. The number of rotatable bonds is 6. The second-order valence-corrected chi connectivity index (χ2v) is 7.21. The molecule has 0 aliphatic carbocycles. The number of benzene rings is 1. The number of aliphatic imine (C=N–C) groups is 1. The molecule has 2 aliphatic heterocycles. The zero-order chi connectivity index (χ0) is 24.0. The molecule has 0 saturated carbocycles. The van der Waals surface area contributed by atoms with Crippen LogP contribution in [0.1, 0.15) is 39.0 Å². The van der Waals surface area contributed by atoms with Gasteiger partial charge in [-0.3, -0.25) is 19.9 Å². The summed E-state index contributed by atoms with van der Waals surface area (Å²) < 4.78 is 10.6. The number of amides is 4. The number of urea groups is 1. The summed E-state index contributed by atoms with van der Waals surface area (Å²) in [6.07, 6.45) is 3.57. The highest BCUT2D eigenvalue weighted by Crippen LogP contribution is 2.26. The summed E-state index contributed by atoms with van der Waals surface area (Å²) >= 11 is 0. The highest BCUT2D eigenvalue weighted by Gasteiger charge is 2.34. The van der Waals surface area contributed by atoms with Gasteiger partial charge in [-0.15, -0.1) is 0 Å². The molecule has 1 fully saturated rings. The molecule has 4 amide bonds. The molecule has 1 unspecified atom stereocenters. The minimum Gasteiger partial charge on any atom is -0.497 e. The zero-order valence-corrected chi connectivity index (χ0v) is 18.3. The van der Waals surface area contributed by atoms with Gasteiger partial charge in [0.15, 0.2) is 6.04 Å². The van der Waals surface area contributed by atoms with Crippen molar-refractivity contribution in [3.05, 3.63) is 59.1 Å².